The van der Waals surface area contributed by atoms with Gasteiger partial charge in [-0.05, 0) is 32.4 Å². The lowest BCUT2D eigenvalue weighted by Crippen LogP contribution is -2.59. The van der Waals surface area contributed by atoms with Crippen molar-refractivity contribution in [2.75, 3.05) is 26.3 Å². The van der Waals surface area contributed by atoms with Crippen LogP contribution in [-0.2, 0) is 9.47 Å². The van der Waals surface area contributed by atoms with Crippen LogP contribution in [0, 0.1) is 0 Å². The fourth-order valence-electron chi connectivity index (χ4n) is 3.97. The average molecular weight is 448 g/mol. The molecule has 1 fully saturated rings. The summed E-state index contributed by atoms with van der Waals surface area (Å²) in [6.45, 7) is 4.19. The van der Waals surface area contributed by atoms with Crippen molar-refractivity contribution in [2.45, 2.75) is 128 Å². The Bertz CT molecular complexity index is 398. The van der Waals surface area contributed by atoms with Crippen LogP contribution in [0.1, 0.15) is 96.8 Å². The van der Waals surface area contributed by atoms with Gasteiger partial charge < -0.3 is 35.2 Å². The van der Waals surface area contributed by atoms with Crippen LogP contribution in [0.3, 0.4) is 0 Å². The predicted molar refractivity (Wildman–Crippen MR) is 123 cm³/mol. The standard InChI is InChI=1S/C24H49NO6/c1-2-3-4-5-6-7-8-9-10-11-12-13-16-25-17-14-15-18-30-24-23(29)22(28)21(27)20(19-26)31-24/h20-29H,2-19H2,1H3/t20-,21-,22+,23-,24-/m1/s1. The molecule has 0 unspecified atom stereocenters. The summed E-state index contributed by atoms with van der Waals surface area (Å²) >= 11 is 0. The Morgan fingerprint density at radius 2 is 1.19 bits per heavy atom. The molecule has 0 aliphatic carbocycles. The minimum Gasteiger partial charge on any atom is -0.394 e. The zero-order valence-electron chi connectivity index (χ0n) is 19.7. The van der Waals surface area contributed by atoms with E-state index in [9.17, 15) is 15.3 Å². The minimum atomic E-state index is -1.38. The zero-order valence-corrected chi connectivity index (χ0v) is 19.7. The highest BCUT2D eigenvalue weighted by molar-refractivity contribution is 4.88. The number of unbranched alkanes of at least 4 members (excludes halogenated alkanes) is 12. The summed E-state index contributed by atoms with van der Waals surface area (Å²) in [7, 11) is 0. The second kappa shape index (κ2) is 19.2. The molecule has 0 radical (unpaired) electrons. The second-order valence-corrected chi connectivity index (χ2v) is 8.91. The lowest BCUT2D eigenvalue weighted by molar-refractivity contribution is -0.301. The van der Waals surface area contributed by atoms with E-state index in [2.05, 4.69) is 12.2 Å². The highest BCUT2D eigenvalue weighted by Gasteiger charge is 2.43. The molecule has 7 heteroatoms. The van der Waals surface area contributed by atoms with Crippen LogP contribution in [0.2, 0.25) is 0 Å². The highest BCUT2D eigenvalue weighted by atomic mass is 16.7. The van der Waals surface area contributed by atoms with Gasteiger partial charge in [-0.2, -0.15) is 0 Å². The maximum Gasteiger partial charge on any atom is 0.186 e. The molecule has 7 nitrogen and oxygen atoms in total. The normalized spacial score (nSPS) is 26.4. The van der Waals surface area contributed by atoms with Gasteiger partial charge in [-0.1, -0.05) is 77.6 Å². The van der Waals surface area contributed by atoms with Crippen molar-refractivity contribution < 1.29 is 29.9 Å². The first-order valence-corrected chi connectivity index (χ1v) is 12.7. The molecule has 5 N–H and O–H groups in total. The van der Waals surface area contributed by atoms with Crippen LogP contribution in [-0.4, -0.2) is 77.4 Å². The van der Waals surface area contributed by atoms with Gasteiger partial charge in [0.25, 0.3) is 0 Å². The van der Waals surface area contributed by atoms with E-state index in [0.717, 1.165) is 25.9 Å². The first-order chi connectivity index (χ1) is 15.1. The third-order valence-corrected chi connectivity index (χ3v) is 6.09. The van der Waals surface area contributed by atoms with Gasteiger partial charge in [-0.3, -0.25) is 0 Å². The molecule has 1 aliphatic heterocycles. The number of ether oxygens (including phenoxy) is 2. The number of rotatable bonds is 20. The van der Waals surface area contributed by atoms with E-state index in [1.54, 1.807) is 0 Å². The maximum absolute atomic E-state index is 9.91. The molecule has 0 saturated carbocycles. The summed E-state index contributed by atoms with van der Waals surface area (Å²) in [5.74, 6) is 0. The van der Waals surface area contributed by atoms with Gasteiger partial charge in [-0.15, -0.1) is 0 Å². The Morgan fingerprint density at radius 3 is 1.74 bits per heavy atom. The Kier molecular flexibility index (Phi) is 17.8. The van der Waals surface area contributed by atoms with Gasteiger partial charge in [-0.25, -0.2) is 0 Å². The molecule has 0 bridgehead atoms. The quantitative estimate of drug-likeness (QED) is 0.182. The predicted octanol–water partition coefficient (Wildman–Crippen LogP) is 2.87. The first-order valence-electron chi connectivity index (χ1n) is 12.7. The lowest BCUT2D eigenvalue weighted by Gasteiger charge is -2.39. The van der Waals surface area contributed by atoms with E-state index in [1.165, 1.54) is 77.0 Å². The summed E-state index contributed by atoms with van der Waals surface area (Å²) in [6, 6.07) is 0. The molecule has 0 amide bonds. The summed E-state index contributed by atoms with van der Waals surface area (Å²) < 4.78 is 10.8. The molecule has 31 heavy (non-hydrogen) atoms. The van der Waals surface area contributed by atoms with E-state index in [0.29, 0.717) is 6.61 Å². The smallest absolute Gasteiger partial charge is 0.186 e. The van der Waals surface area contributed by atoms with Crippen LogP contribution in [0.25, 0.3) is 0 Å². The third-order valence-electron chi connectivity index (χ3n) is 6.09. The van der Waals surface area contributed by atoms with Crippen molar-refractivity contribution in [3.8, 4) is 0 Å². The molecule has 0 spiro atoms. The van der Waals surface area contributed by atoms with Crippen LogP contribution < -0.4 is 5.32 Å². The number of aliphatic hydroxyl groups is 4. The summed E-state index contributed by atoms with van der Waals surface area (Å²) in [4.78, 5) is 0. The molecule has 5 atom stereocenters. The van der Waals surface area contributed by atoms with Gasteiger partial charge in [0.1, 0.15) is 24.4 Å². The van der Waals surface area contributed by atoms with Gasteiger partial charge in [0.15, 0.2) is 6.29 Å². The van der Waals surface area contributed by atoms with Gasteiger partial charge >= 0.3 is 0 Å². The van der Waals surface area contributed by atoms with E-state index < -0.39 is 37.3 Å². The van der Waals surface area contributed by atoms with Crippen molar-refractivity contribution in [2.24, 2.45) is 0 Å². The first kappa shape index (κ1) is 28.8. The van der Waals surface area contributed by atoms with Crippen molar-refractivity contribution in [1.29, 1.82) is 0 Å². The highest BCUT2D eigenvalue weighted by Crippen LogP contribution is 2.22. The fraction of sp³-hybridized carbons (Fsp3) is 1.00. The molecule has 1 rings (SSSR count). The van der Waals surface area contributed by atoms with E-state index in [1.807, 2.05) is 0 Å². The SMILES string of the molecule is CCCCCCCCCCCCCCNCCCCO[C@@H]1O[C@H](CO)[C@@H](O)[C@H](O)[C@H]1O. The van der Waals surface area contributed by atoms with Crippen molar-refractivity contribution in [3.05, 3.63) is 0 Å². The molecule has 0 aromatic heterocycles. The van der Waals surface area contributed by atoms with Crippen LogP contribution in [0.15, 0.2) is 0 Å². The van der Waals surface area contributed by atoms with E-state index in [-0.39, 0.29) is 0 Å². The molecule has 1 aliphatic rings. The maximum atomic E-state index is 9.91. The van der Waals surface area contributed by atoms with Crippen molar-refractivity contribution in [1.82, 2.24) is 5.32 Å². The Hall–Kier alpha value is -0.280. The number of nitrogens with one attached hydrogen (secondary N) is 1. The van der Waals surface area contributed by atoms with Crippen molar-refractivity contribution in [3.63, 3.8) is 0 Å². The second-order valence-electron chi connectivity index (χ2n) is 8.91. The molecular weight excluding hydrogens is 398 g/mol. The summed E-state index contributed by atoms with van der Waals surface area (Å²) in [5, 5.41) is 42.0. The fourth-order valence-corrected chi connectivity index (χ4v) is 3.97. The van der Waals surface area contributed by atoms with Crippen LogP contribution >= 0.6 is 0 Å². The third kappa shape index (κ3) is 13.1. The summed E-state index contributed by atoms with van der Waals surface area (Å²) in [6.07, 6.45) is 12.2. The molecule has 0 aromatic rings. The number of aliphatic hydroxyl groups excluding tert-OH is 4. The Labute approximate surface area is 189 Å². The Balaban J connectivity index is 1.84. The molecule has 1 saturated heterocycles. The molecule has 186 valence electrons. The summed E-state index contributed by atoms with van der Waals surface area (Å²) in [5.41, 5.74) is 0. The van der Waals surface area contributed by atoms with Gasteiger partial charge in [0.05, 0.1) is 6.61 Å². The van der Waals surface area contributed by atoms with Gasteiger partial charge in [0.2, 0.25) is 0 Å². The van der Waals surface area contributed by atoms with Crippen LogP contribution in [0.4, 0.5) is 0 Å². The minimum absolute atomic E-state index is 0.392. The molecular formula is C24H49NO6. The number of hydrogen-bond donors (Lipinski definition) is 5. The van der Waals surface area contributed by atoms with Gasteiger partial charge in [0, 0.05) is 6.61 Å². The zero-order chi connectivity index (χ0) is 22.7. The molecule has 0 aromatic carbocycles. The van der Waals surface area contributed by atoms with Crippen LogP contribution in [0.5, 0.6) is 0 Å². The largest absolute Gasteiger partial charge is 0.394 e. The lowest BCUT2D eigenvalue weighted by atomic mass is 9.99. The van der Waals surface area contributed by atoms with E-state index in [4.69, 9.17) is 14.6 Å². The Morgan fingerprint density at radius 1 is 0.677 bits per heavy atom. The van der Waals surface area contributed by atoms with Crippen molar-refractivity contribution >= 4 is 0 Å². The molecule has 1 heterocycles. The number of hydrogen-bond acceptors (Lipinski definition) is 7. The topological polar surface area (TPSA) is 111 Å². The monoisotopic (exact) mass is 447 g/mol. The average Bonchev–Trinajstić information content (AvgIpc) is 2.78. The van der Waals surface area contributed by atoms with E-state index >= 15 is 0 Å².